The Balaban J connectivity index is 1.94. The molecular formula is C10H13F3N4O. The van der Waals surface area contributed by atoms with Crippen molar-refractivity contribution in [2.75, 3.05) is 5.32 Å². The number of carbonyl (C=O) groups is 1. The molecule has 2 atom stereocenters. The molecule has 0 bridgehead atoms. The van der Waals surface area contributed by atoms with Crippen LogP contribution in [0.2, 0.25) is 0 Å². The summed E-state index contributed by atoms with van der Waals surface area (Å²) >= 11 is 0. The quantitative estimate of drug-likeness (QED) is 0.857. The molecule has 2 N–H and O–H groups in total. The fourth-order valence-electron chi connectivity index (χ4n) is 2.21. The van der Waals surface area contributed by atoms with Gasteiger partial charge in [-0.15, -0.1) is 0 Å². The number of hydrogen-bond donors (Lipinski definition) is 2. The number of hydrogen-bond acceptors (Lipinski definition) is 3. The van der Waals surface area contributed by atoms with E-state index in [1.165, 1.54) is 6.33 Å². The van der Waals surface area contributed by atoms with E-state index in [-0.39, 0.29) is 18.8 Å². The molecule has 1 aliphatic carbocycles. The monoisotopic (exact) mass is 262 g/mol. The van der Waals surface area contributed by atoms with Crippen LogP contribution in [0.5, 0.6) is 0 Å². The second kappa shape index (κ2) is 4.95. The third kappa shape index (κ3) is 2.99. The third-order valence-corrected chi connectivity index (χ3v) is 3.16. The van der Waals surface area contributed by atoms with Gasteiger partial charge in [-0.1, -0.05) is 6.42 Å². The highest BCUT2D eigenvalue weighted by molar-refractivity contribution is 5.90. The fourth-order valence-corrected chi connectivity index (χ4v) is 2.21. The number of aromatic nitrogens is 3. The summed E-state index contributed by atoms with van der Waals surface area (Å²) in [5.41, 5.74) is 0. The predicted octanol–water partition coefficient (Wildman–Crippen LogP) is 2.11. The number of anilines is 1. The number of nitrogens with one attached hydrogen (secondary N) is 2. The van der Waals surface area contributed by atoms with Crippen molar-refractivity contribution in [2.24, 2.45) is 11.8 Å². The van der Waals surface area contributed by atoms with Crippen LogP contribution in [0.25, 0.3) is 0 Å². The summed E-state index contributed by atoms with van der Waals surface area (Å²) < 4.78 is 37.8. The maximum Gasteiger partial charge on any atom is 0.391 e. The number of amides is 1. The molecule has 1 aliphatic rings. The Hall–Kier alpha value is -1.60. The molecule has 5 nitrogen and oxygen atoms in total. The van der Waals surface area contributed by atoms with Crippen LogP contribution in [0.15, 0.2) is 6.33 Å². The zero-order valence-corrected chi connectivity index (χ0v) is 9.50. The number of aromatic amines is 1. The van der Waals surface area contributed by atoms with Gasteiger partial charge in [0.05, 0.1) is 5.92 Å². The first-order valence-corrected chi connectivity index (χ1v) is 5.70. The lowest BCUT2D eigenvalue weighted by molar-refractivity contribution is -0.185. The van der Waals surface area contributed by atoms with Gasteiger partial charge in [0.2, 0.25) is 11.9 Å². The van der Waals surface area contributed by atoms with E-state index in [1.807, 2.05) is 0 Å². The molecular weight excluding hydrogens is 249 g/mol. The van der Waals surface area contributed by atoms with Crippen LogP contribution >= 0.6 is 0 Å². The van der Waals surface area contributed by atoms with Crippen LogP contribution in [-0.4, -0.2) is 27.3 Å². The van der Waals surface area contributed by atoms with E-state index in [4.69, 9.17) is 0 Å². The topological polar surface area (TPSA) is 70.7 Å². The first-order valence-electron chi connectivity index (χ1n) is 5.70. The molecule has 1 fully saturated rings. The Morgan fingerprint density at radius 2 is 2.22 bits per heavy atom. The maximum atomic E-state index is 12.6. The summed E-state index contributed by atoms with van der Waals surface area (Å²) in [4.78, 5) is 15.5. The fraction of sp³-hybridized carbons (Fsp3) is 0.700. The second-order valence-corrected chi connectivity index (χ2v) is 4.43. The van der Waals surface area contributed by atoms with E-state index in [2.05, 4.69) is 20.5 Å². The Morgan fingerprint density at radius 3 is 2.83 bits per heavy atom. The van der Waals surface area contributed by atoms with Gasteiger partial charge in [0, 0.05) is 5.92 Å². The lowest BCUT2D eigenvalue weighted by Crippen LogP contribution is -2.34. The number of H-pyrrole nitrogens is 1. The van der Waals surface area contributed by atoms with Crippen molar-refractivity contribution in [3.05, 3.63) is 6.33 Å². The number of halogens is 3. The summed E-state index contributed by atoms with van der Waals surface area (Å²) in [5, 5.41) is 8.41. The lowest BCUT2D eigenvalue weighted by Gasteiger charge is -2.29. The molecule has 1 aromatic heterocycles. The minimum absolute atomic E-state index is 0.107. The Labute approximate surface area is 101 Å². The van der Waals surface area contributed by atoms with Gasteiger partial charge in [-0.25, -0.2) is 5.10 Å². The summed E-state index contributed by atoms with van der Waals surface area (Å²) in [6.07, 6.45) is -2.15. The van der Waals surface area contributed by atoms with Gasteiger partial charge in [0.15, 0.2) is 0 Å². The van der Waals surface area contributed by atoms with E-state index in [1.54, 1.807) is 0 Å². The van der Waals surface area contributed by atoms with Gasteiger partial charge in [-0.2, -0.15) is 23.3 Å². The molecule has 0 saturated heterocycles. The first-order chi connectivity index (χ1) is 8.47. The first kappa shape index (κ1) is 12.8. The molecule has 0 radical (unpaired) electrons. The average Bonchev–Trinajstić information content (AvgIpc) is 2.81. The molecule has 0 spiro atoms. The molecule has 8 heteroatoms. The highest BCUT2D eigenvalue weighted by atomic mass is 19.4. The predicted molar refractivity (Wildman–Crippen MR) is 56.5 cm³/mol. The van der Waals surface area contributed by atoms with E-state index >= 15 is 0 Å². The minimum Gasteiger partial charge on any atom is -0.295 e. The summed E-state index contributed by atoms with van der Waals surface area (Å²) in [6.45, 7) is 0. The minimum atomic E-state index is -4.22. The zero-order valence-electron chi connectivity index (χ0n) is 9.50. The van der Waals surface area contributed by atoms with Gasteiger partial charge in [0.1, 0.15) is 6.33 Å². The molecule has 0 aliphatic heterocycles. The zero-order chi connectivity index (χ0) is 13.2. The van der Waals surface area contributed by atoms with E-state index < -0.39 is 23.9 Å². The number of alkyl halides is 3. The number of nitrogens with zero attached hydrogens (tertiary/aromatic N) is 2. The van der Waals surface area contributed by atoms with Crippen LogP contribution in [0, 0.1) is 11.8 Å². The van der Waals surface area contributed by atoms with Crippen LogP contribution < -0.4 is 5.32 Å². The van der Waals surface area contributed by atoms with Crippen molar-refractivity contribution in [3.63, 3.8) is 0 Å². The third-order valence-electron chi connectivity index (χ3n) is 3.16. The van der Waals surface area contributed by atoms with Crippen LogP contribution in [0.1, 0.15) is 25.7 Å². The van der Waals surface area contributed by atoms with E-state index in [9.17, 15) is 18.0 Å². The summed E-state index contributed by atoms with van der Waals surface area (Å²) in [6, 6.07) is 0. The maximum absolute atomic E-state index is 12.6. The highest BCUT2D eigenvalue weighted by Gasteiger charge is 2.43. The van der Waals surface area contributed by atoms with E-state index in [0.29, 0.717) is 12.8 Å². The molecule has 100 valence electrons. The molecule has 2 rings (SSSR count). The van der Waals surface area contributed by atoms with Crippen LogP contribution in [0.3, 0.4) is 0 Å². The van der Waals surface area contributed by atoms with Crippen molar-refractivity contribution < 1.29 is 18.0 Å². The lowest BCUT2D eigenvalue weighted by atomic mass is 9.80. The van der Waals surface area contributed by atoms with Gasteiger partial charge in [0.25, 0.3) is 0 Å². The molecule has 1 aromatic rings. The van der Waals surface area contributed by atoms with Crippen LogP contribution in [-0.2, 0) is 4.79 Å². The Bertz CT molecular complexity index is 404. The molecule has 0 unspecified atom stereocenters. The molecule has 1 amide bonds. The standard InChI is InChI=1S/C10H13F3N4O/c11-10(12,13)7-3-1-2-6(4-7)8(18)16-9-14-5-15-17-9/h5-7H,1-4H2,(H2,14,15,16,17,18)/t6-,7+/m0/s1. The van der Waals surface area contributed by atoms with Gasteiger partial charge >= 0.3 is 6.18 Å². The van der Waals surface area contributed by atoms with Crippen molar-refractivity contribution in [3.8, 4) is 0 Å². The SMILES string of the molecule is O=C(Nc1ncn[nH]1)[C@H]1CCC[C@@H](C(F)(F)F)C1. The number of carbonyl (C=O) groups excluding carboxylic acids is 1. The Kier molecular flexibility index (Phi) is 3.53. The smallest absolute Gasteiger partial charge is 0.295 e. The van der Waals surface area contributed by atoms with Crippen LogP contribution in [0.4, 0.5) is 19.1 Å². The summed E-state index contributed by atoms with van der Waals surface area (Å²) in [7, 11) is 0. The van der Waals surface area contributed by atoms with Gasteiger partial charge < -0.3 is 0 Å². The number of rotatable bonds is 2. The largest absolute Gasteiger partial charge is 0.391 e. The van der Waals surface area contributed by atoms with E-state index in [0.717, 1.165) is 0 Å². The Morgan fingerprint density at radius 1 is 1.44 bits per heavy atom. The second-order valence-electron chi connectivity index (χ2n) is 4.43. The summed E-state index contributed by atoms with van der Waals surface area (Å²) in [5.74, 6) is -2.26. The average molecular weight is 262 g/mol. The molecule has 0 aromatic carbocycles. The van der Waals surface area contributed by atoms with Crippen molar-refractivity contribution in [1.82, 2.24) is 15.2 Å². The van der Waals surface area contributed by atoms with Gasteiger partial charge in [-0.05, 0) is 19.3 Å². The molecule has 18 heavy (non-hydrogen) atoms. The van der Waals surface area contributed by atoms with Gasteiger partial charge in [-0.3, -0.25) is 10.1 Å². The molecule has 1 heterocycles. The normalized spacial score (nSPS) is 24.8. The highest BCUT2D eigenvalue weighted by Crippen LogP contribution is 2.40. The van der Waals surface area contributed by atoms with Crippen molar-refractivity contribution in [1.29, 1.82) is 0 Å². The van der Waals surface area contributed by atoms with Crippen molar-refractivity contribution >= 4 is 11.9 Å². The van der Waals surface area contributed by atoms with Crippen molar-refractivity contribution in [2.45, 2.75) is 31.9 Å². The molecule has 1 saturated carbocycles.